The number of benzene rings is 1. The fourth-order valence-electron chi connectivity index (χ4n) is 1.41. The third kappa shape index (κ3) is 4.53. The average Bonchev–Trinajstić information content (AvgIpc) is 2.31. The SMILES string of the molecule is C#CCC(C)NC(=O)Nc1ccc(Cl)cc1C(=O)O. The second-order valence-corrected chi connectivity index (χ2v) is 4.34. The molecular weight excluding hydrogens is 268 g/mol. The molecule has 0 aliphatic heterocycles. The van der Waals surface area contributed by atoms with Crippen LogP contribution in [0.15, 0.2) is 18.2 Å². The molecule has 1 aromatic rings. The first-order valence-electron chi connectivity index (χ1n) is 5.48. The van der Waals surface area contributed by atoms with Crippen LogP contribution >= 0.6 is 11.6 Å². The van der Waals surface area contributed by atoms with E-state index in [4.69, 9.17) is 23.1 Å². The van der Waals surface area contributed by atoms with Gasteiger partial charge in [-0.15, -0.1) is 12.3 Å². The van der Waals surface area contributed by atoms with E-state index >= 15 is 0 Å². The minimum Gasteiger partial charge on any atom is -0.478 e. The van der Waals surface area contributed by atoms with Gasteiger partial charge in [0.05, 0.1) is 11.3 Å². The van der Waals surface area contributed by atoms with E-state index in [2.05, 4.69) is 16.6 Å². The fraction of sp³-hybridized carbons (Fsp3) is 0.231. The minimum atomic E-state index is -1.17. The number of hydrogen-bond acceptors (Lipinski definition) is 2. The molecule has 0 spiro atoms. The monoisotopic (exact) mass is 280 g/mol. The van der Waals surface area contributed by atoms with Gasteiger partial charge in [0.2, 0.25) is 0 Å². The standard InChI is InChI=1S/C13H13ClN2O3/c1-3-4-8(2)15-13(19)16-11-6-5-9(14)7-10(11)12(17)18/h1,5-8H,4H2,2H3,(H,17,18)(H2,15,16,19). The van der Waals surface area contributed by atoms with Gasteiger partial charge in [0.25, 0.3) is 0 Å². The molecule has 19 heavy (non-hydrogen) atoms. The molecule has 1 atom stereocenters. The first-order valence-corrected chi connectivity index (χ1v) is 5.85. The van der Waals surface area contributed by atoms with Crippen LogP contribution in [0.4, 0.5) is 10.5 Å². The summed E-state index contributed by atoms with van der Waals surface area (Å²) in [7, 11) is 0. The number of rotatable bonds is 4. The molecule has 0 aliphatic carbocycles. The van der Waals surface area contributed by atoms with Gasteiger partial charge in [-0.05, 0) is 25.1 Å². The molecule has 0 bridgehead atoms. The maximum atomic E-state index is 11.6. The van der Waals surface area contributed by atoms with Crippen molar-refractivity contribution in [3.8, 4) is 12.3 Å². The van der Waals surface area contributed by atoms with Gasteiger partial charge in [-0.3, -0.25) is 0 Å². The number of carboxylic acids is 1. The van der Waals surface area contributed by atoms with E-state index in [1.807, 2.05) is 0 Å². The molecule has 0 saturated heterocycles. The van der Waals surface area contributed by atoms with Crippen LogP contribution in [0.5, 0.6) is 0 Å². The second-order valence-electron chi connectivity index (χ2n) is 3.90. The molecule has 3 N–H and O–H groups in total. The van der Waals surface area contributed by atoms with Crippen molar-refractivity contribution >= 4 is 29.3 Å². The molecule has 2 amide bonds. The zero-order valence-corrected chi connectivity index (χ0v) is 11.0. The molecule has 0 fully saturated rings. The zero-order chi connectivity index (χ0) is 14.4. The topological polar surface area (TPSA) is 78.4 Å². The lowest BCUT2D eigenvalue weighted by Crippen LogP contribution is -2.36. The van der Waals surface area contributed by atoms with E-state index in [0.29, 0.717) is 6.42 Å². The van der Waals surface area contributed by atoms with E-state index in [0.717, 1.165) is 0 Å². The molecule has 1 rings (SSSR count). The number of aromatic carboxylic acids is 1. The molecule has 1 unspecified atom stereocenters. The summed E-state index contributed by atoms with van der Waals surface area (Å²) >= 11 is 5.71. The maximum Gasteiger partial charge on any atom is 0.337 e. The first kappa shape index (κ1) is 14.9. The number of halogens is 1. The number of hydrogen-bond donors (Lipinski definition) is 3. The predicted molar refractivity (Wildman–Crippen MR) is 73.5 cm³/mol. The number of anilines is 1. The number of terminal acetylenes is 1. The van der Waals surface area contributed by atoms with Gasteiger partial charge in [-0.25, -0.2) is 9.59 Å². The third-order valence-corrected chi connectivity index (χ3v) is 2.50. The smallest absolute Gasteiger partial charge is 0.337 e. The first-order chi connectivity index (χ1) is 8.93. The Bertz CT molecular complexity index is 537. The number of carboxylic acid groups (broad SMARTS) is 1. The number of carbonyl (C=O) groups is 2. The predicted octanol–water partition coefficient (Wildman–Crippen LogP) is 2.57. The maximum absolute atomic E-state index is 11.6. The van der Waals surface area contributed by atoms with Crippen LogP contribution in [0.2, 0.25) is 5.02 Å². The molecule has 100 valence electrons. The van der Waals surface area contributed by atoms with Gasteiger partial charge in [-0.2, -0.15) is 0 Å². The molecule has 0 heterocycles. The Hall–Kier alpha value is -2.19. The van der Waals surface area contributed by atoms with Crippen molar-refractivity contribution < 1.29 is 14.7 Å². The summed E-state index contributed by atoms with van der Waals surface area (Å²) in [5, 5.41) is 14.3. The molecule has 6 heteroatoms. The van der Waals surface area contributed by atoms with Gasteiger partial charge in [0, 0.05) is 17.5 Å². The van der Waals surface area contributed by atoms with E-state index in [-0.39, 0.29) is 22.3 Å². The van der Waals surface area contributed by atoms with Crippen molar-refractivity contribution in [2.45, 2.75) is 19.4 Å². The third-order valence-electron chi connectivity index (χ3n) is 2.26. The summed E-state index contributed by atoms with van der Waals surface area (Å²) in [5.74, 6) is 1.25. The lowest BCUT2D eigenvalue weighted by atomic mass is 10.2. The molecule has 1 aromatic carbocycles. The second kappa shape index (κ2) is 6.66. The van der Waals surface area contributed by atoms with E-state index < -0.39 is 12.0 Å². The quantitative estimate of drug-likeness (QED) is 0.742. The van der Waals surface area contributed by atoms with Gasteiger partial charge in [0.15, 0.2) is 0 Å². The Morgan fingerprint density at radius 2 is 2.21 bits per heavy atom. The normalized spacial score (nSPS) is 11.2. The number of urea groups is 1. The van der Waals surface area contributed by atoms with Crippen LogP contribution < -0.4 is 10.6 Å². The number of amides is 2. The Labute approximate surface area is 116 Å². The van der Waals surface area contributed by atoms with Crippen LogP contribution in [0.3, 0.4) is 0 Å². The summed E-state index contributed by atoms with van der Waals surface area (Å²) in [6, 6.07) is 3.47. The summed E-state index contributed by atoms with van der Waals surface area (Å²) < 4.78 is 0. The van der Waals surface area contributed by atoms with Gasteiger partial charge < -0.3 is 15.7 Å². The molecular formula is C13H13ClN2O3. The Morgan fingerprint density at radius 1 is 1.53 bits per heavy atom. The minimum absolute atomic E-state index is 0.0766. The Kier molecular flexibility index (Phi) is 5.22. The summed E-state index contributed by atoms with van der Waals surface area (Å²) in [6.07, 6.45) is 5.51. The molecule has 0 aromatic heterocycles. The lowest BCUT2D eigenvalue weighted by molar-refractivity contribution is 0.0698. The largest absolute Gasteiger partial charge is 0.478 e. The summed E-state index contributed by atoms with van der Waals surface area (Å²) in [6.45, 7) is 1.75. The van der Waals surface area contributed by atoms with E-state index in [1.54, 1.807) is 6.92 Å². The molecule has 0 aliphatic rings. The Morgan fingerprint density at radius 3 is 2.79 bits per heavy atom. The van der Waals surface area contributed by atoms with Crippen molar-refractivity contribution in [2.75, 3.05) is 5.32 Å². The van der Waals surface area contributed by atoms with Gasteiger partial charge >= 0.3 is 12.0 Å². The average molecular weight is 281 g/mol. The van der Waals surface area contributed by atoms with Crippen LogP contribution in [0.1, 0.15) is 23.7 Å². The van der Waals surface area contributed by atoms with Gasteiger partial charge in [-0.1, -0.05) is 11.6 Å². The molecule has 5 nitrogen and oxygen atoms in total. The highest BCUT2D eigenvalue weighted by Crippen LogP contribution is 2.20. The summed E-state index contributed by atoms with van der Waals surface area (Å²) in [4.78, 5) is 22.7. The summed E-state index contributed by atoms with van der Waals surface area (Å²) in [5.41, 5.74) is 0.0922. The van der Waals surface area contributed by atoms with Crippen LogP contribution in [-0.2, 0) is 0 Å². The highest BCUT2D eigenvalue weighted by molar-refractivity contribution is 6.31. The fourth-order valence-corrected chi connectivity index (χ4v) is 1.58. The van der Waals surface area contributed by atoms with E-state index in [1.165, 1.54) is 18.2 Å². The van der Waals surface area contributed by atoms with Crippen LogP contribution in [-0.4, -0.2) is 23.1 Å². The van der Waals surface area contributed by atoms with Crippen molar-refractivity contribution in [3.05, 3.63) is 28.8 Å². The van der Waals surface area contributed by atoms with Crippen LogP contribution in [0, 0.1) is 12.3 Å². The van der Waals surface area contributed by atoms with Crippen LogP contribution in [0.25, 0.3) is 0 Å². The van der Waals surface area contributed by atoms with Gasteiger partial charge in [0.1, 0.15) is 0 Å². The highest BCUT2D eigenvalue weighted by atomic mass is 35.5. The highest BCUT2D eigenvalue weighted by Gasteiger charge is 2.13. The van der Waals surface area contributed by atoms with Crippen molar-refractivity contribution in [1.82, 2.24) is 5.32 Å². The van der Waals surface area contributed by atoms with Crippen molar-refractivity contribution in [1.29, 1.82) is 0 Å². The Balaban J connectivity index is 2.80. The lowest BCUT2D eigenvalue weighted by Gasteiger charge is -2.13. The number of nitrogens with one attached hydrogen (secondary N) is 2. The van der Waals surface area contributed by atoms with Crippen molar-refractivity contribution in [3.63, 3.8) is 0 Å². The molecule has 0 saturated carbocycles. The van der Waals surface area contributed by atoms with E-state index in [9.17, 15) is 9.59 Å². The zero-order valence-electron chi connectivity index (χ0n) is 10.2. The van der Waals surface area contributed by atoms with Crippen molar-refractivity contribution in [2.24, 2.45) is 0 Å². The number of carbonyl (C=O) groups excluding carboxylic acids is 1. The molecule has 0 radical (unpaired) electrons.